The van der Waals surface area contributed by atoms with E-state index >= 15 is 0 Å². The van der Waals surface area contributed by atoms with E-state index in [0.717, 1.165) is 25.4 Å². The Kier molecular flexibility index (Phi) is 4.22. The molecule has 92 valence electrons. The molecule has 2 fully saturated rings. The number of hydrogen-bond acceptors (Lipinski definition) is 3. The summed E-state index contributed by atoms with van der Waals surface area (Å²) in [6, 6.07) is 0. The summed E-state index contributed by atoms with van der Waals surface area (Å²) in [6.45, 7) is 4.66. The molecule has 0 aromatic carbocycles. The van der Waals surface area contributed by atoms with Crippen molar-refractivity contribution >= 4 is 5.97 Å². The summed E-state index contributed by atoms with van der Waals surface area (Å²) in [5, 5.41) is 3.39. The first-order chi connectivity index (χ1) is 7.83. The highest BCUT2D eigenvalue weighted by Gasteiger charge is 2.38. The molecule has 0 aromatic rings. The van der Waals surface area contributed by atoms with Gasteiger partial charge in [0.2, 0.25) is 0 Å². The Balaban J connectivity index is 1.93. The molecule has 1 aliphatic carbocycles. The second-order valence-electron chi connectivity index (χ2n) is 5.04. The molecular formula is C13H23NO2. The first-order valence-corrected chi connectivity index (χ1v) is 6.70. The van der Waals surface area contributed by atoms with Crippen molar-refractivity contribution in [3.05, 3.63) is 0 Å². The summed E-state index contributed by atoms with van der Waals surface area (Å²) < 4.78 is 5.19. The van der Waals surface area contributed by atoms with E-state index in [1.807, 2.05) is 6.92 Å². The Bertz CT molecular complexity index is 236. The molecule has 2 aliphatic rings. The molecule has 3 heteroatoms. The number of nitrogens with one attached hydrogen (secondary N) is 1. The molecule has 0 bridgehead atoms. The van der Waals surface area contributed by atoms with Crippen LogP contribution >= 0.6 is 0 Å². The third-order valence-corrected chi connectivity index (χ3v) is 4.15. The molecule has 0 amide bonds. The van der Waals surface area contributed by atoms with Crippen LogP contribution in [0.4, 0.5) is 0 Å². The van der Waals surface area contributed by atoms with Crippen molar-refractivity contribution in [1.82, 2.24) is 5.32 Å². The van der Waals surface area contributed by atoms with Gasteiger partial charge in [-0.2, -0.15) is 0 Å². The summed E-state index contributed by atoms with van der Waals surface area (Å²) in [5.74, 6) is 1.60. The number of piperidine rings is 1. The van der Waals surface area contributed by atoms with Crippen LogP contribution in [0.15, 0.2) is 0 Å². The molecule has 0 aromatic heterocycles. The number of esters is 1. The number of carbonyl (C=O) groups is 1. The smallest absolute Gasteiger partial charge is 0.309 e. The van der Waals surface area contributed by atoms with Crippen molar-refractivity contribution in [2.45, 2.75) is 39.0 Å². The number of ether oxygens (including phenoxy) is 1. The maximum atomic E-state index is 11.9. The second kappa shape index (κ2) is 5.67. The van der Waals surface area contributed by atoms with Crippen LogP contribution in [0.5, 0.6) is 0 Å². The van der Waals surface area contributed by atoms with Crippen LogP contribution in [0.25, 0.3) is 0 Å². The van der Waals surface area contributed by atoms with Gasteiger partial charge in [0, 0.05) is 0 Å². The van der Waals surface area contributed by atoms with E-state index in [1.165, 1.54) is 25.7 Å². The fourth-order valence-corrected chi connectivity index (χ4v) is 3.37. The third-order valence-electron chi connectivity index (χ3n) is 4.15. The normalized spacial score (nSPS) is 31.6. The van der Waals surface area contributed by atoms with Crippen molar-refractivity contribution in [1.29, 1.82) is 0 Å². The summed E-state index contributed by atoms with van der Waals surface area (Å²) in [5.41, 5.74) is 0. The molecule has 16 heavy (non-hydrogen) atoms. The van der Waals surface area contributed by atoms with Crippen LogP contribution in [-0.2, 0) is 9.53 Å². The minimum atomic E-state index is 0.0588. The molecule has 0 spiro atoms. The number of rotatable bonds is 3. The van der Waals surface area contributed by atoms with Crippen LogP contribution in [0.3, 0.4) is 0 Å². The van der Waals surface area contributed by atoms with Crippen LogP contribution < -0.4 is 5.32 Å². The fourth-order valence-electron chi connectivity index (χ4n) is 3.37. The zero-order chi connectivity index (χ0) is 11.4. The lowest BCUT2D eigenvalue weighted by molar-refractivity contribution is -0.150. The predicted molar refractivity (Wildman–Crippen MR) is 63.1 cm³/mol. The van der Waals surface area contributed by atoms with E-state index < -0.39 is 0 Å². The van der Waals surface area contributed by atoms with Gasteiger partial charge in [0.1, 0.15) is 0 Å². The Morgan fingerprint density at radius 3 is 2.69 bits per heavy atom. The van der Waals surface area contributed by atoms with E-state index in [1.54, 1.807) is 0 Å². The maximum Gasteiger partial charge on any atom is 0.309 e. The largest absolute Gasteiger partial charge is 0.466 e. The summed E-state index contributed by atoms with van der Waals surface area (Å²) in [7, 11) is 0. The standard InChI is InChI=1S/C13H23NO2/c1-2-16-13(15)12-5-3-4-11(12)10-6-8-14-9-7-10/h10-12,14H,2-9H2,1H3. The zero-order valence-electron chi connectivity index (χ0n) is 10.2. The quantitative estimate of drug-likeness (QED) is 0.746. The van der Waals surface area contributed by atoms with Gasteiger partial charge in [-0.1, -0.05) is 6.42 Å². The molecule has 3 nitrogen and oxygen atoms in total. The van der Waals surface area contributed by atoms with Crippen LogP contribution in [0.2, 0.25) is 0 Å². The van der Waals surface area contributed by atoms with Gasteiger partial charge < -0.3 is 10.1 Å². The van der Waals surface area contributed by atoms with Crippen LogP contribution in [0, 0.1) is 17.8 Å². The lowest BCUT2D eigenvalue weighted by Gasteiger charge is -2.31. The first-order valence-electron chi connectivity index (χ1n) is 6.70. The SMILES string of the molecule is CCOC(=O)C1CCCC1C1CCNCC1. The summed E-state index contributed by atoms with van der Waals surface area (Å²) in [6.07, 6.45) is 5.96. The average Bonchev–Trinajstić information content (AvgIpc) is 2.79. The lowest BCUT2D eigenvalue weighted by Crippen LogP contribution is -2.35. The van der Waals surface area contributed by atoms with Crippen LogP contribution in [0.1, 0.15) is 39.0 Å². The first kappa shape index (κ1) is 11.9. The number of carbonyl (C=O) groups excluding carboxylic acids is 1. The van der Waals surface area contributed by atoms with E-state index in [2.05, 4.69) is 5.32 Å². The van der Waals surface area contributed by atoms with Gasteiger partial charge >= 0.3 is 5.97 Å². The van der Waals surface area contributed by atoms with E-state index in [-0.39, 0.29) is 11.9 Å². The molecule has 2 atom stereocenters. The Hall–Kier alpha value is -0.570. The highest BCUT2D eigenvalue weighted by Crippen LogP contribution is 2.40. The molecule has 1 saturated carbocycles. The highest BCUT2D eigenvalue weighted by atomic mass is 16.5. The summed E-state index contributed by atoms with van der Waals surface area (Å²) in [4.78, 5) is 11.9. The minimum Gasteiger partial charge on any atom is -0.466 e. The maximum absolute atomic E-state index is 11.9. The van der Waals surface area contributed by atoms with Crippen molar-refractivity contribution in [3.63, 3.8) is 0 Å². The molecule has 1 heterocycles. The van der Waals surface area contributed by atoms with Gasteiger partial charge in [-0.3, -0.25) is 4.79 Å². The second-order valence-corrected chi connectivity index (χ2v) is 5.04. The predicted octanol–water partition coefficient (Wildman–Crippen LogP) is 1.97. The van der Waals surface area contributed by atoms with Crippen molar-refractivity contribution < 1.29 is 9.53 Å². The van der Waals surface area contributed by atoms with Gasteiger partial charge in [0.25, 0.3) is 0 Å². The zero-order valence-corrected chi connectivity index (χ0v) is 10.2. The molecule has 1 saturated heterocycles. The van der Waals surface area contributed by atoms with E-state index in [0.29, 0.717) is 12.5 Å². The minimum absolute atomic E-state index is 0.0588. The van der Waals surface area contributed by atoms with Crippen molar-refractivity contribution in [3.8, 4) is 0 Å². The molecule has 1 N–H and O–H groups in total. The highest BCUT2D eigenvalue weighted by molar-refractivity contribution is 5.73. The Morgan fingerprint density at radius 1 is 1.25 bits per heavy atom. The van der Waals surface area contributed by atoms with Gasteiger partial charge in [-0.15, -0.1) is 0 Å². The molecule has 2 unspecified atom stereocenters. The number of hydrogen-bond donors (Lipinski definition) is 1. The molecule has 2 rings (SSSR count). The van der Waals surface area contributed by atoms with E-state index in [4.69, 9.17) is 4.74 Å². The van der Waals surface area contributed by atoms with Gasteiger partial charge in [0.05, 0.1) is 12.5 Å². The van der Waals surface area contributed by atoms with Gasteiger partial charge in [-0.25, -0.2) is 0 Å². The van der Waals surface area contributed by atoms with Gasteiger partial charge in [0.15, 0.2) is 0 Å². The van der Waals surface area contributed by atoms with Crippen LogP contribution in [-0.4, -0.2) is 25.7 Å². The van der Waals surface area contributed by atoms with Crippen molar-refractivity contribution in [2.24, 2.45) is 17.8 Å². The Labute approximate surface area is 97.9 Å². The summed E-state index contributed by atoms with van der Waals surface area (Å²) >= 11 is 0. The molecule has 0 radical (unpaired) electrons. The lowest BCUT2D eigenvalue weighted by atomic mass is 9.79. The molecular weight excluding hydrogens is 202 g/mol. The molecule has 1 aliphatic heterocycles. The monoisotopic (exact) mass is 225 g/mol. The fraction of sp³-hybridized carbons (Fsp3) is 0.923. The van der Waals surface area contributed by atoms with Crippen molar-refractivity contribution in [2.75, 3.05) is 19.7 Å². The van der Waals surface area contributed by atoms with Gasteiger partial charge in [-0.05, 0) is 57.5 Å². The topological polar surface area (TPSA) is 38.3 Å². The Morgan fingerprint density at radius 2 is 2.00 bits per heavy atom. The van der Waals surface area contributed by atoms with E-state index in [9.17, 15) is 4.79 Å². The average molecular weight is 225 g/mol. The third kappa shape index (κ3) is 2.57.